The van der Waals surface area contributed by atoms with Crippen LogP contribution in [0.15, 0.2) is 34.2 Å². The van der Waals surface area contributed by atoms with Crippen LogP contribution in [0.2, 0.25) is 0 Å². The van der Waals surface area contributed by atoms with Crippen molar-refractivity contribution >= 4 is 29.8 Å². The van der Waals surface area contributed by atoms with Gasteiger partial charge in [0.1, 0.15) is 24.4 Å². The fourth-order valence-corrected chi connectivity index (χ4v) is 10.1. The van der Waals surface area contributed by atoms with Crippen molar-refractivity contribution in [2.45, 2.75) is 118 Å². The molecule has 1 aromatic heterocycles. The summed E-state index contributed by atoms with van der Waals surface area (Å²) in [6.45, 7) is 15.5. The maximum Gasteiger partial charge on any atom is 0.308 e. The largest absolute Gasteiger partial charge is 0.472 e. The third-order valence-corrected chi connectivity index (χ3v) is 12.0. The summed E-state index contributed by atoms with van der Waals surface area (Å²) in [6, 6.07) is 1.86. The summed E-state index contributed by atoms with van der Waals surface area (Å²) >= 11 is 0. The minimum atomic E-state index is -1.23. The summed E-state index contributed by atoms with van der Waals surface area (Å²) < 4.78 is 42.1. The van der Waals surface area contributed by atoms with Gasteiger partial charge in [0.25, 0.3) is 0 Å². The van der Waals surface area contributed by atoms with Crippen LogP contribution in [0.5, 0.6) is 0 Å². The molecule has 3 fully saturated rings. The Morgan fingerprint density at radius 1 is 0.918 bits per heavy atom. The number of esters is 5. The maximum atomic E-state index is 13.7. The van der Waals surface area contributed by atoms with Gasteiger partial charge in [0.15, 0.2) is 0 Å². The minimum Gasteiger partial charge on any atom is -0.472 e. The van der Waals surface area contributed by atoms with E-state index in [4.69, 9.17) is 32.8 Å². The number of carbonyl (C=O) groups is 5. The van der Waals surface area contributed by atoms with Gasteiger partial charge in [0.05, 0.1) is 38.3 Å². The van der Waals surface area contributed by atoms with Crippen LogP contribution in [0.3, 0.4) is 0 Å². The lowest BCUT2D eigenvalue weighted by Gasteiger charge is -2.66. The highest BCUT2D eigenvalue weighted by atomic mass is 16.6. The molecule has 12 heteroatoms. The van der Waals surface area contributed by atoms with E-state index in [0.29, 0.717) is 12.0 Å². The molecule has 4 aliphatic rings. The zero-order valence-corrected chi connectivity index (χ0v) is 30.2. The van der Waals surface area contributed by atoms with E-state index < -0.39 is 94.4 Å². The molecular formula is C37H50O12. The van der Waals surface area contributed by atoms with Crippen molar-refractivity contribution in [2.24, 2.45) is 34.0 Å². The molecule has 11 atom stereocenters. The van der Waals surface area contributed by atoms with Crippen LogP contribution in [-0.4, -0.2) is 74.1 Å². The number of methoxy groups -OCH3 is 1. The lowest BCUT2D eigenvalue weighted by molar-refractivity contribution is -0.261. The lowest BCUT2D eigenvalue weighted by atomic mass is 9.39. The highest BCUT2D eigenvalue weighted by molar-refractivity contribution is 5.73. The molecule has 0 aromatic carbocycles. The number of hydrogen-bond acceptors (Lipinski definition) is 12. The first-order valence-electron chi connectivity index (χ1n) is 17.0. The van der Waals surface area contributed by atoms with Gasteiger partial charge in [-0.1, -0.05) is 40.2 Å². The summed E-state index contributed by atoms with van der Waals surface area (Å²) in [5, 5.41) is 0. The Labute approximate surface area is 287 Å². The second-order valence-electron chi connectivity index (χ2n) is 15.2. The van der Waals surface area contributed by atoms with E-state index in [-0.39, 0.29) is 25.4 Å². The maximum absolute atomic E-state index is 13.7. The molecule has 1 unspecified atom stereocenters. The van der Waals surface area contributed by atoms with Crippen LogP contribution in [0.4, 0.5) is 0 Å². The monoisotopic (exact) mass is 686 g/mol. The molecule has 1 aliphatic heterocycles. The van der Waals surface area contributed by atoms with E-state index in [9.17, 15) is 24.0 Å². The molecule has 0 amide bonds. The van der Waals surface area contributed by atoms with Gasteiger partial charge >= 0.3 is 29.8 Å². The first-order valence-corrected chi connectivity index (χ1v) is 17.0. The molecular weight excluding hydrogens is 636 g/mol. The molecule has 3 aliphatic carbocycles. The van der Waals surface area contributed by atoms with Crippen LogP contribution >= 0.6 is 0 Å². The summed E-state index contributed by atoms with van der Waals surface area (Å²) in [7, 11) is 1.31. The topological polar surface area (TPSA) is 154 Å². The van der Waals surface area contributed by atoms with Gasteiger partial charge in [-0.05, 0) is 36.5 Å². The lowest BCUT2D eigenvalue weighted by Crippen LogP contribution is -2.72. The van der Waals surface area contributed by atoms with Gasteiger partial charge in [0, 0.05) is 61.7 Å². The number of hydrogen-bond donors (Lipinski definition) is 0. The van der Waals surface area contributed by atoms with Gasteiger partial charge in [-0.15, -0.1) is 0 Å². The second-order valence-corrected chi connectivity index (χ2v) is 15.2. The van der Waals surface area contributed by atoms with Gasteiger partial charge in [0.2, 0.25) is 0 Å². The van der Waals surface area contributed by atoms with Crippen LogP contribution in [0.25, 0.3) is 0 Å². The minimum absolute atomic E-state index is 0.144. The number of allylic oxidation sites excluding steroid dienone is 1. The van der Waals surface area contributed by atoms with Crippen molar-refractivity contribution in [1.29, 1.82) is 0 Å². The molecule has 2 saturated carbocycles. The molecule has 0 N–H and O–H groups in total. The molecule has 0 radical (unpaired) electrons. The smallest absolute Gasteiger partial charge is 0.308 e. The molecule has 0 spiro atoms. The highest BCUT2D eigenvalue weighted by Gasteiger charge is 2.77. The van der Waals surface area contributed by atoms with Crippen LogP contribution in [-0.2, 0) is 52.4 Å². The van der Waals surface area contributed by atoms with Gasteiger partial charge in [-0.3, -0.25) is 24.0 Å². The fraction of sp³-hybridized carbons (Fsp3) is 0.703. The Balaban J connectivity index is 1.84. The Bertz CT molecular complexity index is 1510. The van der Waals surface area contributed by atoms with Crippen molar-refractivity contribution < 1.29 is 56.8 Å². The van der Waals surface area contributed by atoms with Crippen LogP contribution < -0.4 is 0 Å². The first-order chi connectivity index (χ1) is 22.9. The van der Waals surface area contributed by atoms with Crippen molar-refractivity contribution in [1.82, 2.24) is 0 Å². The zero-order chi connectivity index (χ0) is 36.2. The Morgan fingerprint density at radius 3 is 2.10 bits per heavy atom. The van der Waals surface area contributed by atoms with E-state index in [0.717, 1.165) is 11.1 Å². The molecule has 0 bridgehead atoms. The molecule has 5 rings (SSSR count). The summed E-state index contributed by atoms with van der Waals surface area (Å²) in [4.78, 5) is 65.2. The van der Waals surface area contributed by atoms with Gasteiger partial charge in [-0.2, -0.15) is 0 Å². The van der Waals surface area contributed by atoms with E-state index in [1.54, 1.807) is 26.4 Å². The van der Waals surface area contributed by atoms with Crippen molar-refractivity contribution in [3.8, 4) is 0 Å². The van der Waals surface area contributed by atoms with E-state index >= 15 is 0 Å². The number of furan rings is 1. The Morgan fingerprint density at radius 2 is 1.55 bits per heavy atom. The summed E-state index contributed by atoms with van der Waals surface area (Å²) in [5.41, 5.74) is -0.578. The molecule has 1 saturated heterocycles. The predicted molar refractivity (Wildman–Crippen MR) is 172 cm³/mol. The first kappa shape index (κ1) is 36.6. The zero-order valence-electron chi connectivity index (χ0n) is 30.2. The standard InChI is InChI=1S/C37H50O12/c1-18(2)34(42)49-33-31-32-35(7,17-45-31)27(47-21(5)39)15-28(48-22(6)40)36(32,8)26(14-29(41)43-10)37(33,9)30-19(3)24(23-11-12-44-16-23)13-25(30)46-20(4)38/h11-12,16,18,24-28,31-33H,13-15,17H2,1-10H3/t24-,25+,26-,27-,28+,31-,32?,33-,35-,36+,37-/m1/s1. The third kappa shape index (κ3) is 5.97. The van der Waals surface area contributed by atoms with E-state index in [1.807, 2.05) is 33.8 Å². The molecule has 270 valence electrons. The SMILES string of the molecule is COC(=O)C[C@H]1[C@](C)(C2=C(C)[C@H](c3ccoc3)C[C@@H]2OC(C)=O)[C@H](OC(=O)C(C)C)[C@@H]2OC[C@@]3(C)C2[C@]1(C)[C@@H](OC(C)=O)C[C@H]3OC(C)=O. The molecule has 1 aromatic rings. The highest BCUT2D eigenvalue weighted by Crippen LogP contribution is 2.72. The van der Waals surface area contributed by atoms with E-state index in [2.05, 4.69) is 0 Å². The number of rotatable bonds is 9. The third-order valence-electron chi connectivity index (χ3n) is 12.0. The van der Waals surface area contributed by atoms with Crippen molar-refractivity contribution in [3.63, 3.8) is 0 Å². The van der Waals surface area contributed by atoms with Crippen molar-refractivity contribution in [2.75, 3.05) is 13.7 Å². The second kappa shape index (κ2) is 13.2. The van der Waals surface area contributed by atoms with Crippen LogP contribution in [0, 0.1) is 34.0 Å². The van der Waals surface area contributed by atoms with Gasteiger partial charge in [-0.25, -0.2) is 0 Å². The normalized spacial score (nSPS) is 38.1. The predicted octanol–water partition coefficient (Wildman–Crippen LogP) is 5.08. The fourth-order valence-electron chi connectivity index (χ4n) is 10.1. The number of carbonyl (C=O) groups excluding carboxylic acids is 5. The van der Waals surface area contributed by atoms with Gasteiger partial charge < -0.3 is 32.8 Å². The van der Waals surface area contributed by atoms with Crippen LogP contribution in [0.1, 0.15) is 93.1 Å². The Kier molecular flexibility index (Phi) is 9.88. The average Bonchev–Trinajstić information content (AvgIpc) is 3.74. The van der Waals surface area contributed by atoms with Crippen molar-refractivity contribution in [3.05, 3.63) is 35.3 Å². The van der Waals surface area contributed by atoms with E-state index in [1.165, 1.54) is 27.9 Å². The Hall–Kier alpha value is -3.67. The summed E-state index contributed by atoms with van der Waals surface area (Å²) in [5.74, 6) is -4.44. The quantitative estimate of drug-likeness (QED) is 0.193. The summed E-state index contributed by atoms with van der Waals surface area (Å²) in [6.07, 6.45) is -0.404. The average molecular weight is 687 g/mol. The molecule has 2 heterocycles. The number of ether oxygens (including phenoxy) is 6. The molecule has 12 nitrogen and oxygen atoms in total. The molecule has 49 heavy (non-hydrogen) atoms.